The molecule has 0 aliphatic carbocycles. The summed E-state index contributed by atoms with van der Waals surface area (Å²) in [4.78, 5) is 0. The van der Waals surface area contributed by atoms with Gasteiger partial charge in [-0.25, -0.2) is 0 Å². The molecular weight excluding hydrogens is 757 g/mol. The summed E-state index contributed by atoms with van der Waals surface area (Å²) in [5.41, 5.74) is -3.33. The Morgan fingerprint density at radius 1 is 0.382 bits per heavy atom. The van der Waals surface area contributed by atoms with Crippen molar-refractivity contribution in [2.75, 3.05) is 7.11 Å². The molecule has 0 saturated heterocycles. The van der Waals surface area contributed by atoms with Gasteiger partial charge in [0.1, 0.15) is 23.0 Å². The lowest BCUT2D eigenvalue weighted by Gasteiger charge is -2.19. The van der Waals surface area contributed by atoms with Crippen LogP contribution in [0, 0.1) is 0 Å². The summed E-state index contributed by atoms with van der Waals surface area (Å²) in [6.45, 7) is 0. The minimum Gasteiger partial charge on any atom is -0.497 e. The molecule has 6 aromatic carbocycles. The zero-order valence-electron chi connectivity index (χ0n) is 28.6. The highest BCUT2D eigenvalue weighted by Gasteiger charge is 2.36. The summed E-state index contributed by atoms with van der Waals surface area (Å²) in [7, 11) is -0.864. The third kappa shape index (κ3) is 11.7. The van der Waals surface area contributed by atoms with Gasteiger partial charge in [0.05, 0.1) is 23.8 Å². The van der Waals surface area contributed by atoms with E-state index in [0.29, 0.717) is 18.2 Å². The molecule has 0 fully saturated rings. The van der Waals surface area contributed by atoms with Gasteiger partial charge in [0.2, 0.25) is 0 Å². The Hall–Kier alpha value is -5.62. The summed E-state index contributed by atoms with van der Waals surface area (Å²) in [6.07, 6.45) is -14.2. The van der Waals surface area contributed by atoms with Crippen LogP contribution in [-0.4, -0.2) is 14.4 Å². The van der Waals surface area contributed by atoms with Gasteiger partial charge < -0.3 is 18.7 Å². The summed E-state index contributed by atoms with van der Waals surface area (Å²) < 4.78 is 138. The zero-order chi connectivity index (χ0) is 39.6. The Balaban J connectivity index is 0.000000235. The molecule has 55 heavy (non-hydrogen) atoms. The second-order valence-corrected chi connectivity index (χ2v) is 13.6. The first kappa shape index (κ1) is 40.6. The predicted molar refractivity (Wildman–Crippen MR) is 194 cm³/mol. The average molecular weight is 786 g/mol. The van der Waals surface area contributed by atoms with Crippen LogP contribution in [0.1, 0.15) is 16.7 Å². The largest absolute Gasteiger partial charge is 0.864 e. The van der Waals surface area contributed by atoms with E-state index in [4.69, 9.17) is 18.7 Å². The molecule has 0 unspecified atom stereocenters. The Bertz CT molecular complexity index is 1930. The molecule has 0 amide bonds. The van der Waals surface area contributed by atoms with E-state index in [-0.39, 0.29) is 0 Å². The van der Waals surface area contributed by atoms with Crippen molar-refractivity contribution in [3.05, 3.63) is 174 Å². The van der Waals surface area contributed by atoms with E-state index in [2.05, 4.69) is 72.8 Å². The Labute approximate surface area is 312 Å². The topological polar surface area (TPSA) is 36.9 Å². The smallest absolute Gasteiger partial charge is 0.497 e. The van der Waals surface area contributed by atoms with Gasteiger partial charge in [-0.15, -0.1) is 0 Å². The molecule has 0 N–H and O–H groups in total. The number of ether oxygens (including phenoxy) is 1. The molecule has 0 radical (unpaired) electrons. The van der Waals surface area contributed by atoms with E-state index in [1.54, 1.807) is 7.11 Å². The SMILES string of the molecule is COc1ccc(P(c2ccccc2)c2ccccc2)cc1.FC(F)(F)c1cccc(OB(Oc2cccc(C(F)(F)F)c2)Oc2cccc(C(F)(F)F)c2)c1. The van der Waals surface area contributed by atoms with Crippen LogP contribution in [0.15, 0.2) is 158 Å². The van der Waals surface area contributed by atoms with E-state index in [0.717, 1.165) is 60.3 Å². The summed E-state index contributed by atoms with van der Waals surface area (Å²) in [6, 6.07) is 39.9. The number of hydrogen-bond donors (Lipinski definition) is 0. The van der Waals surface area contributed by atoms with Crippen molar-refractivity contribution in [1.29, 1.82) is 0 Å². The molecule has 0 saturated carbocycles. The second kappa shape index (κ2) is 17.7. The lowest BCUT2D eigenvalue weighted by atomic mass is 10.1. The van der Waals surface area contributed by atoms with E-state index in [9.17, 15) is 39.5 Å². The summed E-state index contributed by atoms with van der Waals surface area (Å²) in [5.74, 6) is -0.480. The quantitative estimate of drug-likeness (QED) is 0.0787. The first-order chi connectivity index (χ1) is 26.1. The maximum atomic E-state index is 13.0. The van der Waals surface area contributed by atoms with Crippen LogP contribution >= 0.6 is 7.92 Å². The fourth-order valence-electron chi connectivity index (χ4n) is 4.98. The highest BCUT2D eigenvalue weighted by atomic mass is 31.1. The van der Waals surface area contributed by atoms with E-state index in [1.807, 2.05) is 12.1 Å². The van der Waals surface area contributed by atoms with Gasteiger partial charge in [-0.3, -0.25) is 0 Å². The Kier molecular flexibility index (Phi) is 13.0. The molecule has 15 heteroatoms. The monoisotopic (exact) mass is 786 g/mol. The fraction of sp³-hybridized carbons (Fsp3) is 0.100. The normalized spacial score (nSPS) is 11.6. The van der Waals surface area contributed by atoms with Crippen LogP contribution in [-0.2, 0) is 18.5 Å². The number of methoxy groups -OCH3 is 1. The molecule has 0 heterocycles. The van der Waals surface area contributed by atoms with Crippen molar-refractivity contribution in [2.24, 2.45) is 0 Å². The number of rotatable bonds is 10. The summed E-state index contributed by atoms with van der Waals surface area (Å²) >= 11 is 0. The first-order valence-corrected chi connectivity index (χ1v) is 17.5. The van der Waals surface area contributed by atoms with Crippen LogP contribution in [0.3, 0.4) is 0 Å². The van der Waals surface area contributed by atoms with Gasteiger partial charge in [-0.1, -0.05) is 91.0 Å². The molecule has 0 aliphatic heterocycles. The van der Waals surface area contributed by atoms with Crippen LogP contribution in [0.5, 0.6) is 23.0 Å². The molecule has 0 aliphatic rings. The van der Waals surface area contributed by atoms with Crippen LogP contribution in [0.4, 0.5) is 39.5 Å². The molecule has 284 valence electrons. The van der Waals surface area contributed by atoms with Gasteiger partial charge in [0.15, 0.2) is 0 Å². The third-order valence-electron chi connectivity index (χ3n) is 7.54. The molecular formula is C40H29BF9O4P. The molecule has 6 aromatic rings. The van der Waals surface area contributed by atoms with Crippen LogP contribution in [0.25, 0.3) is 0 Å². The number of alkyl halides is 9. The highest BCUT2D eigenvalue weighted by Crippen LogP contribution is 2.35. The van der Waals surface area contributed by atoms with Crippen molar-refractivity contribution in [1.82, 2.24) is 0 Å². The standard InChI is InChI=1S/C21H12BF9O3.C19H17OP/c23-19(24,25)13-4-1-7-16(10-13)32-22(33-17-8-2-5-14(11-17)20(26,27)28)34-18-9-3-6-15(12-18)21(29,30)31;1-20-16-12-14-19(15-13-16)21(17-8-4-2-5-9-17)18-10-6-3-7-11-18/h1-12H;2-15H,1H3. The average Bonchev–Trinajstić information content (AvgIpc) is 3.16. The van der Waals surface area contributed by atoms with Crippen molar-refractivity contribution in [3.8, 4) is 23.0 Å². The second-order valence-electron chi connectivity index (χ2n) is 11.4. The minimum atomic E-state index is -4.74. The molecule has 0 bridgehead atoms. The molecule has 6 rings (SSSR count). The number of hydrogen-bond acceptors (Lipinski definition) is 4. The summed E-state index contributed by atoms with van der Waals surface area (Å²) in [5, 5.41) is 4.07. The van der Waals surface area contributed by atoms with Crippen molar-refractivity contribution >= 4 is 31.2 Å². The third-order valence-corrected chi connectivity index (χ3v) is 9.98. The Morgan fingerprint density at radius 2 is 0.709 bits per heavy atom. The van der Waals surface area contributed by atoms with Gasteiger partial charge in [-0.2, -0.15) is 39.5 Å². The molecule has 0 atom stereocenters. The van der Waals surface area contributed by atoms with Crippen LogP contribution in [0.2, 0.25) is 0 Å². The van der Waals surface area contributed by atoms with E-state index >= 15 is 0 Å². The van der Waals surface area contributed by atoms with E-state index in [1.165, 1.54) is 15.9 Å². The van der Waals surface area contributed by atoms with E-state index < -0.39 is 67.7 Å². The first-order valence-electron chi connectivity index (χ1n) is 16.2. The maximum absolute atomic E-state index is 13.0. The molecule has 4 nitrogen and oxygen atoms in total. The Morgan fingerprint density at radius 3 is 1.02 bits per heavy atom. The zero-order valence-corrected chi connectivity index (χ0v) is 29.5. The maximum Gasteiger partial charge on any atom is 0.864 e. The van der Waals surface area contributed by atoms with Crippen molar-refractivity contribution in [2.45, 2.75) is 18.5 Å². The van der Waals surface area contributed by atoms with Gasteiger partial charge in [0.25, 0.3) is 0 Å². The predicted octanol–water partition coefficient (Wildman–Crippen LogP) is 10.7. The van der Waals surface area contributed by atoms with Gasteiger partial charge in [0, 0.05) is 0 Å². The highest BCUT2D eigenvalue weighted by molar-refractivity contribution is 7.79. The van der Waals surface area contributed by atoms with Gasteiger partial charge in [-0.05, 0) is 90.6 Å². The number of benzene rings is 6. The lowest BCUT2D eigenvalue weighted by Crippen LogP contribution is -2.37. The van der Waals surface area contributed by atoms with Gasteiger partial charge >= 0.3 is 25.9 Å². The van der Waals surface area contributed by atoms with Crippen molar-refractivity contribution in [3.63, 3.8) is 0 Å². The minimum absolute atomic E-state index is 0.459. The lowest BCUT2D eigenvalue weighted by molar-refractivity contribution is -0.138. The molecule has 0 spiro atoms. The van der Waals surface area contributed by atoms with Crippen molar-refractivity contribution < 1.29 is 58.2 Å². The number of halogens is 9. The molecule has 0 aromatic heterocycles. The fourth-order valence-corrected chi connectivity index (χ4v) is 7.26. The van der Waals surface area contributed by atoms with Crippen LogP contribution < -0.4 is 34.6 Å².